The Hall–Kier alpha value is -3.22. The van der Waals surface area contributed by atoms with Gasteiger partial charge >= 0.3 is 0 Å². The van der Waals surface area contributed by atoms with Crippen LogP contribution < -0.4 is 11.3 Å². The molecule has 0 bridgehead atoms. The van der Waals surface area contributed by atoms with Crippen molar-refractivity contribution >= 4 is 11.1 Å². The van der Waals surface area contributed by atoms with E-state index in [1.807, 2.05) is 49.4 Å². The van der Waals surface area contributed by atoms with Gasteiger partial charge in [-0.3, -0.25) is 9.36 Å². The van der Waals surface area contributed by atoms with Crippen LogP contribution in [0.1, 0.15) is 37.6 Å². The summed E-state index contributed by atoms with van der Waals surface area (Å²) in [5, 5.41) is 0.503. The molecule has 5 rings (SSSR count). The first kappa shape index (κ1) is 21.6. The van der Waals surface area contributed by atoms with E-state index in [1.54, 1.807) is 11.7 Å². The highest BCUT2D eigenvalue weighted by molar-refractivity contribution is 6.00. The van der Waals surface area contributed by atoms with E-state index >= 15 is 0 Å². The van der Waals surface area contributed by atoms with Crippen molar-refractivity contribution in [1.29, 1.82) is 0 Å². The van der Waals surface area contributed by atoms with Gasteiger partial charge in [0.05, 0.1) is 13.2 Å². The number of hydrogen-bond donors (Lipinski definition) is 1. The van der Waals surface area contributed by atoms with E-state index in [9.17, 15) is 4.79 Å². The SMILES string of the molecule is CCc1nc2oc(-c3ccc(C4(N)CCC4)cc3)c(-c3ccccc3)c2c(=O)n1CCOC. The van der Waals surface area contributed by atoms with E-state index in [0.29, 0.717) is 42.3 Å². The molecule has 2 heterocycles. The lowest BCUT2D eigenvalue weighted by Crippen LogP contribution is -2.43. The summed E-state index contributed by atoms with van der Waals surface area (Å²) in [6.45, 7) is 2.87. The smallest absolute Gasteiger partial charge is 0.265 e. The molecule has 1 aliphatic carbocycles. The molecule has 2 aromatic heterocycles. The van der Waals surface area contributed by atoms with E-state index in [1.165, 1.54) is 6.42 Å². The van der Waals surface area contributed by atoms with Crippen LogP contribution in [0.2, 0.25) is 0 Å². The zero-order chi connectivity index (χ0) is 23.0. The highest BCUT2D eigenvalue weighted by Gasteiger charge is 2.34. The molecule has 2 aromatic carbocycles. The Morgan fingerprint density at radius 2 is 1.82 bits per heavy atom. The fraction of sp³-hybridized carbons (Fsp3) is 0.333. The lowest BCUT2D eigenvalue weighted by atomic mass is 9.72. The topological polar surface area (TPSA) is 83.3 Å². The Morgan fingerprint density at radius 1 is 1.09 bits per heavy atom. The van der Waals surface area contributed by atoms with Crippen LogP contribution in [0.3, 0.4) is 0 Å². The van der Waals surface area contributed by atoms with E-state index in [-0.39, 0.29) is 11.1 Å². The number of furan rings is 1. The Bertz CT molecular complexity index is 1330. The van der Waals surface area contributed by atoms with Crippen LogP contribution in [-0.4, -0.2) is 23.3 Å². The quantitative estimate of drug-likeness (QED) is 0.441. The third kappa shape index (κ3) is 3.69. The third-order valence-electron chi connectivity index (χ3n) is 6.76. The van der Waals surface area contributed by atoms with Gasteiger partial charge < -0.3 is 14.9 Å². The second kappa shape index (κ2) is 8.61. The van der Waals surface area contributed by atoms with Crippen molar-refractivity contribution in [2.75, 3.05) is 13.7 Å². The van der Waals surface area contributed by atoms with Gasteiger partial charge in [0.1, 0.15) is 17.0 Å². The fourth-order valence-corrected chi connectivity index (χ4v) is 4.69. The van der Waals surface area contributed by atoms with E-state index < -0.39 is 0 Å². The van der Waals surface area contributed by atoms with Crippen molar-refractivity contribution in [3.8, 4) is 22.5 Å². The summed E-state index contributed by atoms with van der Waals surface area (Å²) in [7, 11) is 1.63. The largest absolute Gasteiger partial charge is 0.437 e. The molecular formula is C27H29N3O3. The average molecular weight is 444 g/mol. The molecule has 0 saturated heterocycles. The predicted molar refractivity (Wildman–Crippen MR) is 130 cm³/mol. The van der Waals surface area contributed by atoms with Crippen molar-refractivity contribution < 1.29 is 9.15 Å². The van der Waals surface area contributed by atoms with Crippen LogP contribution in [0.4, 0.5) is 0 Å². The maximum atomic E-state index is 13.7. The number of aromatic nitrogens is 2. The summed E-state index contributed by atoms with van der Waals surface area (Å²) in [5.41, 5.74) is 10.3. The van der Waals surface area contributed by atoms with Gasteiger partial charge in [0.25, 0.3) is 5.56 Å². The molecule has 0 unspecified atom stereocenters. The van der Waals surface area contributed by atoms with Crippen LogP contribution in [-0.2, 0) is 23.2 Å². The molecule has 0 atom stereocenters. The molecule has 1 fully saturated rings. The molecule has 0 amide bonds. The number of benzene rings is 2. The normalized spacial score (nSPS) is 15.0. The summed E-state index contributed by atoms with van der Waals surface area (Å²) in [5.74, 6) is 1.34. The predicted octanol–water partition coefficient (Wildman–Crippen LogP) is 4.87. The van der Waals surface area contributed by atoms with Crippen molar-refractivity contribution in [3.63, 3.8) is 0 Å². The second-order valence-electron chi connectivity index (χ2n) is 8.77. The van der Waals surface area contributed by atoms with Crippen LogP contribution in [0.15, 0.2) is 63.8 Å². The van der Waals surface area contributed by atoms with Crippen LogP contribution in [0.25, 0.3) is 33.6 Å². The van der Waals surface area contributed by atoms with Crippen molar-refractivity contribution in [2.24, 2.45) is 5.73 Å². The maximum absolute atomic E-state index is 13.7. The van der Waals surface area contributed by atoms with Gasteiger partial charge in [-0.25, -0.2) is 0 Å². The van der Waals surface area contributed by atoms with Gasteiger partial charge in [0.2, 0.25) is 5.71 Å². The Labute approximate surface area is 193 Å². The zero-order valence-electron chi connectivity index (χ0n) is 19.1. The first-order valence-corrected chi connectivity index (χ1v) is 11.6. The molecule has 6 nitrogen and oxygen atoms in total. The summed E-state index contributed by atoms with van der Waals surface area (Å²) < 4.78 is 13.2. The van der Waals surface area contributed by atoms with E-state index in [0.717, 1.165) is 35.1 Å². The molecule has 4 aromatic rings. The number of nitrogens with two attached hydrogens (primary N) is 1. The Morgan fingerprint density at radius 3 is 2.42 bits per heavy atom. The summed E-state index contributed by atoms with van der Waals surface area (Å²) in [6.07, 6.45) is 3.81. The Balaban J connectivity index is 1.73. The molecule has 33 heavy (non-hydrogen) atoms. The minimum absolute atomic E-state index is 0.102. The lowest BCUT2D eigenvalue weighted by molar-refractivity contribution is 0.185. The minimum atomic E-state index is -0.221. The van der Waals surface area contributed by atoms with Crippen molar-refractivity contribution in [1.82, 2.24) is 9.55 Å². The van der Waals surface area contributed by atoms with Gasteiger partial charge in [-0.2, -0.15) is 4.98 Å². The number of aryl methyl sites for hydroxylation is 1. The van der Waals surface area contributed by atoms with Gasteiger partial charge in [-0.1, -0.05) is 61.5 Å². The molecule has 6 heteroatoms. The Kier molecular flexibility index (Phi) is 5.64. The molecule has 1 aliphatic rings. The molecule has 170 valence electrons. The number of hydrogen-bond acceptors (Lipinski definition) is 5. The fourth-order valence-electron chi connectivity index (χ4n) is 4.69. The number of nitrogens with zero attached hydrogens (tertiary/aromatic N) is 2. The molecule has 1 saturated carbocycles. The van der Waals surface area contributed by atoms with Gasteiger partial charge in [0.15, 0.2) is 0 Å². The highest BCUT2D eigenvalue weighted by atomic mass is 16.5. The first-order chi connectivity index (χ1) is 16.1. The van der Waals surface area contributed by atoms with E-state index in [2.05, 4.69) is 12.1 Å². The molecule has 0 radical (unpaired) electrons. The molecule has 0 spiro atoms. The van der Waals surface area contributed by atoms with Crippen LogP contribution in [0, 0.1) is 0 Å². The monoisotopic (exact) mass is 443 g/mol. The average Bonchev–Trinajstić information content (AvgIpc) is 3.22. The minimum Gasteiger partial charge on any atom is -0.437 e. The molecular weight excluding hydrogens is 414 g/mol. The zero-order valence-corrected chi connectivity index (χ0v) is 19.1. The summed E-state index contributed by atoms with van der Waals surface area (Å²) in [4.78, 5) is 18.4. The maximum Gasteiger partial charge on any atom is 0.265 e. The van der Waals surface area contributed by atoms with Gasteiger partial charge in [-0.05, 0) is 30.4 Å². The number of methoxy groups -OCH3 is 1. The van der Waals surface area contributed by atoms with Crippen LogP contribution >= 0.6 is 0 Å². The molecule has 2 N–H and O–H groups in total. The molecule has 0 aliphatic heterocycles. The second-order valence-corrected chi connectivity index (χ2v) is 8.77. The van der Waals surface area contributed by atoms with Gasteiger partial charge in [-0.15, -0.1) is 0 Å². The van der Waals surface area contributed by atoms with E-state index in [4.69, 9.17) is 19.9 Å². The van der Waals surface area contributed by atoms with Crippen LogP contribution in [0.5, 0.6) is 0 Å². The number of rotatable bonds is 7. The lowest BCUT2D eigenvalue weighted by Gasteiger charge is -2.38. The van der Waals surface area contributed by atoms with Crippen molar-refractivity contribution in [3.05, 3.63) is 76.3 Å². The third-order valence-corrected chi connectivity index (χ3v) is 6.76. The first-order valence-electron chi connectivity index (χ1n) is 11.6. The van der Waals surface area contributed by atoms with Crippen molar-refractivity contribution in [2.45, 2.75) is 44.7 Å². The number of ether oxygens (including phenoxy) is 1. The highest BCUT2D eigenvalue weighted by Crippen LogP contribution is 2.42. The van der Waals surface area contributed by atoms with Gasteiger partial charge in [0, 0.05) is 30.2 Å². The summed E-state index contributed by atoms with van der Waals surface area (Å²) in [6, 6.07) is 18.1. The standard InChI is InChI=1S/C27H29N3O3/c1-3-21-29-25-23(26(31)30(21)16-17-32-2)22(18-8-5-4-6-9-18)24(33-25)19-10-12-20(13-11-19)27(28)14-7-15-27/h4-6,8-13H,3,7,14-17,28H2,1-2H3. The number of fused-ring (bicyclic) bond motifs is 1. The summed E-state index contributed by atoms with van der Waals surface area (Å²) >= 11 is 0.